The van der Waals surface area contributed by atoms with Crippen LogP contribution in [0.5, 0.6) is 0 Å². The molecule has 0 spiro atoms. The van der Waals surface area contributed by atoms with Crippen molar-refractivity contribution in [1.82, 2.24) is 5.32 Å². The molecule has 1 fully saturated rings. The van der Waals surface area contributed by atoms with Gasteiger partial charge in [-0.1, -0.05) is 24.6 Å². The topological polar surface area (TPSA) is 84.5 Å². The summed E-state index contributed by atoms with van der Waals surface area (Å²) >= 11 is 0. The number of benzene rings is 1. The van der Waals surface area contributed by atoms with Gasteiger partial charge in [0.2, 0.25) is 5.91 Å². The molecule has 0 atom stereocenters. The molecule has 1 aliphatic rings. The van der Waals surface area contributed by atoms with E-state index in [1.54, 1.807) is 0 Å². The van der Waals surface area contributed by atoms with Gasteiger partial charge in [0.05, 0.1) is 12.5 Å². The zero-order valence-corrected chi connectivity index (χ0v) is 13.5. The first-order valence-electron chi connectivity index (χ1n) is 7.77. The number of ether oxygens (including phenoxy) is 1. The smallest absolute Gasteiger partial charge is 0.309 e. The molecule has 0 aromatic heterocycles. The summed E-state index contributed by atoms with van der Waals surface area (Å²) < 4.78 is 4.91. The average Bonchev–Trinajstić information content (AvgIpc) is 2.45. The number of amides is 2. The molecular formula is C17H22N2O4. The molecule has 1 aromatic rings. The van der Waals surface area contributed by atoms with Gasteiger partial charge in [-0.15, -0.1) is 0 Å². The van der Waals surface area contributed by atoms with Gasteiger partial charge in [0.25, 0.3) is 5.91 Å². The van der Waals surface area contributed by atoms with Crippen LogP contribution in [0.4, 0.5) is 5.69 Å². The van der Waals surface area contributed by atoms with Gasteiger partial charge in [-0.05, 0) is 37.8 Å². The molecule has 2 rings (SSSR count). The predicted octanol–water partition coefficient (Wildman–Crippen LogP) is 1.70. The number of anilines is 1. The molecule has 23 heavy (non-hydrogen) atoms. The van der Waals surface area contributed by atoms with E-state index in [9.17, 15) is 14.4 Å². The van der Waals surface area contributed by atoms with Gasteiger partial charge in [0, 0.05) is 5.69 Å². The van der Waals surface area contributed by atoms with Crippen LogP contribution in [0.3, 0.4) is 0 Å². The highest BCUT2D eigenvalue weighted by atomic mass is 16.5. The molecule has 0 saturated heterocycles. The Kier molecular flexibility index (Phi) is 5.73. The lowest BCUT2D eigenvalue weighted by molar-refractivity contribution is -0.155. The zero-order chi connectivity index (χ0) is 16.8. The molecule has 2 N–H and O–H groups in total. The number of carbonyl (C=O) groups is 3. The molecule has 0 unspecified atom stereocenters. The third kappa shape index (κ3) is 4.81. The number of esters is 1. The lowest BCUT2D eigenvalue weighted by atomic mass is 9.86. The third-order valence-electron chi connectivity index (χ3n) is 3.98. The maximum Gasteiger partial charge on any atom is 0.309 e. The number of hydrogen-bond acceptors (Lipinski definition) is 4. The Hall–Kier alpha value is -2.37. The third-order valence-corrected chi connectivity index (χ3v) is 3.98. The van der Waals surface area contributed by atoms with Crippen LogP contribution >= 0.6 is 0 Å². The summed E-state index contributed by atoms with van der Waals surface area (Å²) in [4.78, 5) is 35.0. The van der Waals surface area contributed by atoms with E-state index in [1.165, 1.54) is 0 Å². The number of rotatable bonds is 6. The fraction of sp³-hybridized carbons (Fsp3) is 0.471. The summed E-state index contributed by atoms with van der Waals surface area (Å²) in [5.41, 5.74) is 2.67. The van der Waals surface area contributed by atoms with Crippen molar-refractivity contribution in [3.63, 3.8) is 0 Å². The Morgan fingerprint density at radius 1 is 1.13 bits per heavy atom. The van der Waals surface area contributed by atoms with Crippen molar-refractivity contribution in [3.8, 4) is 0 Å². The van der Waals surface area contributed by atoms with Gasteiger partial charge in [0.15, 0.2) is 6.61 Å². The van der Waals surface area contributed by atoms with Crippen LogP contribution in [0.25, 0.3) is 0 Å². The second kappa shape index (κ2) is 7.76. The number of carbonyl (C=O) groups excluding carboxylic acids is 3. The van der Waals surface area contributed by atoms with Crippen LogP contribution < -0.4 is 10.6 Å². The largest absolute Gasteiger partial charge is 0.455 e. The fourth-order valence-corrected chi connectivity index (χ4v) is 2.32. The quantitative estimate of drug-likeness (QED) is 0.782. The summed E-state index contributed by atoms with van der Waals surface area (Å²) in [5, 5.41) is 5.22. The molecule has 124 valence electrons. The highest BCUT2D eigenvalue weighted by molar-refractivity contribution is 5.96. The Labute approximate surface area is 135 Å². The molecule has 6 heteroatoms. The average molecular weight is 318 g/mol. The van der Waals surface area contributed by atoms with E-state index in [0.717, 1.165) is 36.1 Å². The van der Waals surface area contributed by atoms with Gasteiger partial charge in [-0.2, -0.15) is 0 Å². The van der Waals surface area contributed by atoms with Crippen molar-refractivity contribution in [2.75, 3.05) is 18.5 Å². The Morgan fingerprint density at radius 3 is 2.35 bits per heavy atom. The van der Waals surface area contributed by atoms with Crippen LogP contribution in [0, 0.1) is 19.8 Å². The van der Waals surface area contributed by atoms with E-state index in [-0.39, 0.29) is 30.9 Å². The summed E-state index contributed by atoms with van der Waals surface area (Å²) in [7, 11) is 0. The molecule has 0 aliphatic heterocycles. The number of hydrogen-bond donors (Lipinski definition) is 2. The van der Waals surface area contributed by atoms with Gasteiger partial charge in [-0.25, -0.2) is 0 Å². The minimum absolute atomic E-state index is 0.0601. The van der Waals surface area contributed by atoms with Gasteiger partial charge in [-0.3, -0.25) is 14.4 Å². The first kappa shape index (κ1) is 17.0. The highest BCUT2D eigenvalue weighted by Crippen LogP contribution is 2.27. The maximum absolute atomic E-state index is 11.9. The SMILES string of the molecule is Cc1cccc(C)c1NC(=O)CNC(=O)COC(=O)C1CCC1. The first-order chi connectivity index (χ1) is 11.0. The number of aryl methyl sites for hydroxylation is 2. The fourth-order valence-electron chi connectivity index (χ4n) is 2.32. The van der Waals surface area contributed by atoms with E-state index >= 15 is 0 Å². The van der Waals surface area contributed by atoms with Crippen molar-refractivity contribution >= 4 is 23.5 Å². The van der Waals surface area contributed by atoms with Gasteiger partial charge in [0.1, 0.15) is 0 Å². The summed E-state index contributed by atoms with van der Waals surface area (Å²) in [6.45, 7) is 3.31. The van der Waals surface area contributed by atoms with Gasteiger partial charge >= 0.3 is 5.97 Å². The van der Waals surface area contributed by atoms with E-state index in [4.69, 9.17) is 4.74 Å². The molecular weight excluding hydrogens is 296 g/mol. The monoisotopic (exact) mass is 318 g/mol. The molecule has 1 aromatic carbocycles. The second-order valence-electron chi connectivity index (χ2n) is 5.83. The van der Waals surface area contributed by atoms with Crippen molar-refractivity contribution in [2.24, 2.45) is 5.92 Å². The Bertz CT molecular complexity index is 588. The van der Waals surface area contributed by atoms with Crippen molar-refractivity contribution in [2.45, 2.75) is 33.1 Å². The van der Waals surface area contributed by atoms with Crippen LogP contribution in [-0.4, -0.2) is 30.9 Å². The number of nitrogens with one attached hydrogen (secondary N) is 2. The Morgan fingerprint density at radius 2 is 1.78 bits per heavy atom. The summed E-state index contributed by atoms with van der Waals surface area (Å²) in [6, 6.07) is 5.72. The normalized spacial score (nSPS) is 13.8. The standard InChI is InChI=1S/C17H22N2O4/c1-11-5-3-6-12(2)16(11)19-14(20)9-18-15(21)10-23-17(22)13-7-4-8-13/h3,5-6,13H,4,7-10H2,1-2H3,(H,18,21)(H,19,20). The lowest BCUT2D eigenvalue weighted by Gasteiger charge is -2.22. The predicted molar refractivity (Wildman–Crippen MR) is 85.9 cm³/mol. The van der Waals surface area contributed by atoms with Crippen molar-refractivity contribution in [1.29, 1.82) is 0 Å². The molecule has 1 saturated carbocycles. The van der Waals surface area contributed by atoms with E-state index in [0.29, 0.717) is 0 Å². The summed E-state index contributed by atoms with van der Waals surface area (Å²) in [5.74, 6) is -1.18. The van der Waals surface area contributed by atoms with Crippen LogP contribution in [0.15, 0.2) is 18.2 Å². The second-order valence-corrected chi connectivity index (χ2v) is 5.83. The van der Waals surface area contributed by atoms with E-state index < -0.39 is 5.91 Å². The lowest BCUT2D eigenvalue weighted by Crippen LogP contribution is -2.36. The van der Waals surface area contributed by atoms with Crippen LogP contribution in [-0.2, 0) is 19.1 Å². The molecule has 1 aliphatic carbocycles. The Balaban J connectivity index is 1.71. The van der Waals surface area contributed by atoms with E-state index in [1.807, 2.05) is 32.0 Å². The van der Waals surface area contributed by atoms with Crippen LogP contribution in [0.2, 0.25) is 0 Å². The molecule has 6 nitrogen and oxygen atoms in total. The highest BCUT2D eigenvalue weighted by Gasteiger charge is 2.27. The van der Waals surface area contributed by atoms with Crippen molar-refractivity contribution < 1.29 is 19.1 Å². The molecule has 0 radical (unpaired) electrons. The first-order valence-corrected chi connectivity index (χ1v) is 7.77. The minimum atomic E-state index is -0.477. The van der Waals surface area contributed by atoms with Crippen LogP contribution in [0.1, 0.15) is 30.4 Å². The summed E-state index contributed by atoms with van der Waals surface area (Å²) in [6.07, 6.45) is 2.70. The molecule has 0 bridgehead atoms. The zero-order valence-electron chi connectivity index (χ0n) is 13.5. The molecule has 0 heterocycles. The van der Waals surface area contributed by atoms with E-state index in [2.05, 4.69) is 10.6 Å². The minimum Gasteiger partial charge on any atom is -0.455 e. The van der Waals surface area contributed by atoms with Gasteiger partial charge < -0.3 is 15.4 Å². The number of para-hydroxylation sites is 1. The maximum atomic E-state index is 11.9. The molecule has 2 amide bonds. The van der Waals surface area contributed by atoms with Crippen molar-refractivity contribution in [3.05, 3.63) is 29.3 Å².